The number of nitriles is 1. The molecule has 0 saturated carbocycles. The van der Waals surface area contributed by atoms with Crippen LogP contribution in [0.25, 0.3) is 33.7 Å². The summed E-state index contributed by atoms with van der Waals surface area (Å²) in [6, 6.07) is 12.1. The van der Waals surface area contributed by atoms with Gasteiger partial charge in [0, 0.05) is 29.9 Å². The van der Waals surface area contributed by atoms with E-state index in [9.17, 15) is 18.5 Å². The van der Waals surface area contributed by atoms with Crippen LogP contribution in [0.15, 0.2) is 52.3 Å². The van der Waals surface area contributed by atoms with Gasteiger partial charge >= 0.3 is 0 Å². The van der Waals surface area contributed by atoms with Crippen LogP contribution in [0.1, 0.15) is 16.7 Å². The van der Waals surface area contributed by atoms with Crippen LogP contribution in [0.5, 0.6) is 0 Å². The molecule has 2 aromatic heterocycles. The first kappa shape index (κ1) is 21.3. The van der Waals surface area contributed by atoms with Crippen LogP contribution in [-0.4, -0.2) is 29.9 Å². The van der Waals surface area contributed by atoms with Crippen LogP contribution in [0.3, 0.4) is 0 Å². The van der Waals surface area contributed by atoms with E-state index in [1.54, 1.807) is 18.2 Å². The first-order valence-corrected chi connectivity index (χ1v) is 11.9. The molecule has 0 fully saturated rings. The van der Waals surface area contributed by atoms with E-state index in [-0.39, 0.29) is 27.4 Å². The van der Waals surface area contributed by atoms with E-state index >= 15 is 0 Å². The Morgan fingerprint density at radius 1 is 1.15 bits per heavy atom. The molecular formula is C23H16ClN5O3S. The standard InChI is InChI=1S/C23H16ClN5O3S/c1-12-14(11-25)3-2-4-16(12)20-19(28-21-18(30)6-7-26-23(21)29-20)15-9-13-5-8-27-33(31,32)22(13)17(24)10-15/h2-4,6-7,9-10,27H,5,8H2,1H3,(H,26,29,30). The molecule has 0 spiro atoms. The minimum absolute atomic E-state index is 0.0509. The molecule has 0 bridgehead atoms. The number of rotatable bonds is 2. The zero-order valence-electron chi connectivity index (χ0n) is 17.3. The second-order valence-corrected chi connectivity index (χ2v) is 9.75. The molecule has 1 aliphatic rings. The number of nitrogens with one attached hydrogen (secondary N) is 2. The number of H-pyrrole nitrogens is 1. The fourth-order valence-electron chi connectivity index (χ4n) is 4.05. The van der Waals surface area contributed by atoms with E-state index in [0.717, 1.165) is 0 Å². The minimum Gasteiger partial charge on any atom is -0.345 e. The molecule has 5 rings (SSSR count). The minimum atomic E-state index is -3.70. The Morgan fingerprint density at radius 3 is 2.76 bits per heavy atom. The lowest BCUT2D eigenvalue weighted by Crippen LogP contribution is -2.32. The second kappa shape index (κ2) is 7.78. The van der Waals surface area contributed by atoms with Gasteiger partial charge in [0.15, 0.2) is 11.2 Å². The van der Waals surface area contributed by atoms with Gasteiger partial charge in [-0.25, -0.2) is 23.1 Å². The molecule has 0 atom stereocenters. The van der Waals surface area contributed by atoms with Crippen LogP contribution in [0, 0.1) is 18.3 Å². The van der Waals surface area contributed by atoms with Crippen molar-refractivity contribution in [2.75, 3.05) is 6.54 Å². The lowest BCUT2D eigenvalue weighted by molar-refractivity contribution is 0.573. The highest BCUT2D eigenvalue weighted by molar-refractivity contribution is 7.89. The number of aromatic amines is 1. The quantitative estimate of drug-likeness (QED) is 0.455. The Balaban J connectivity index is 1.87. The zero-order chi connectivity index (χ0) is 23.3. The summed E-state index contributed by atoms with van der Waals surface area (Å²) in [5.41, 5.74) is 3.94. The number of pyridine rings is 1. The van der Waals surface area contributed by atoms with Crippen LogP contribution in [-0.2, 0) is 16.4 Å². The van der Waals surface area contributed by atoms with Crippen LogP contribution >= 0.6 is 11.6 Å². The molecule has 10 heteroatoms. The van der Waals surface area contributed by atoms with Crippen molar-refractivity contribution in [1.82, 2.24) is 19.7 Å². The molecule has 3 heterocycles. The first-order chi connectivity index (χ1) is 15.8. The Labute approximate surface area is 194 Å². The fraction of sp³-hybridized carbons (Fsp3) is 0.130. The maximum absolute atomic E-state index is 12.5. The lowest BCUT2D eigenvalue weighted by Gasteiger charge is -2.20. The number of halogens is 1. The van der Waals surface area contributed by atoms with Crippen molar-refractivity contribution in [2.45, 2.75) is 18.2 Å². The van der Waals surface area contributed by atoms with Crippen molar-refractivity contribution < 1.29 is 8.42 Å². The third kappa shape index (κ3) is 3.49. The molecule has 1 aliphatic heterocycles. The van der Waals surface area contributed by atoms with E-state index in [1.165, 1.54) is 18.3 Å². The second-order valence-electron chi connectivity index (χ2n) is 7.64. The topological polar surface area (TPSA) is 129 Å². The molecule has 0 radical (unpaired) electrons. The van der Waals surface area contributed by atoms with E-state index in [2.05, 4.69) is 25.7 Å². The number of fused-ring (bicyclic) bond motifs is 2. The molecule has 8 nitrogen and oxygen atoms in total. The van der Waals surface area contributed by atoms with Crippen molar-refractivity contribution in [3.8, 4) is 28.6 Å². The van der Waals surface area contributed by atoms with Gasteiger partial charge in [-0.15, -0.1) is 0 Å². The molecule has 0 unspecified atom stereocenters. The highest BCUT2D eigenvalue weighted by atomic mass is 35.5. The average molecular weight is 478 g/mol. The molecule has 2 N–H and O–H groups in total. The van der Waals surface area contributed by atoms with Crippen molar-refractivity contribution in [1.29, 1.82) is 5.26 Å². The summed E-state index contributed by atoms with van der Waals surface area (Å²) in [5, 5.41) is 9.55. The Morgan fingerprint density at radius 2 is 1.97 bits per heavy atom. The summed E-state index contributed by atoms with van der Waals surface area (Å²) >= 11 is 6.43. The Hall–Kier alpha value is -3.58. The van der Waals surface area contributed by atoms with Crippen LogP contribution in [0.4, 0.5) is 0 Å². The monoisotopic (exact) mass is 477 g/mol. The number of sulfonamides is 1. The molecule has 0 amide bonds. The van der Waals surface area contributed by atoms with E-state index < -0.39 is 10.0 Å². The fourth-order valence-corrected chi connectivity index (χ4v) is 5.93. The van der Waals surface area contributed by atoms with Crippen LogP contribution < -0.4 is 10.2 Å². The molecule has 0 aliphatic carbocycles. The maximum Gasteiger partial charge on any atom is 0.242 e. The zero-order valence-corrected chi connectivity index (χ0v) is 18.9. The number of benzene rings is 2. The summed E-state index contributed by atoms with van der Waals surface area (Å²) in [7, 11) is -3.70. The van der Waals surface area contributed by atoms with Gasteiger partial charge in [0.05, 0.1) is 28.0 Å². The number of nitrogens with zero attached hydrogens (tertiary/aromatic N) is 3. The molecular weight excluding hydrogens is 462 g/mol. The molecule has 2 aromatic carbocycles. The third-order valence-corrected chi connectivity index (χ3v) is 7.66. The molecule has 4 aromatic rings. The summed E-state index contributed by atoms with van der Waals surface area (Å²) in [4.78, 5) is 24.8. The van der Waals surface area contributed by atoms with Gasteiger partial charge in [-0.3, -0.25) is 4.79 Å². The smallest absolute Gasteiger partial charge is 0.242 e. The predicted octanol–water partition coefficient (Wildman–Crippen LogP) is 3.32. The first-order valence-electron chi connectivity index (χ1n) is 10.0. The molecule has 33 heavy (non-hydrogen) atoms. The summed E-state index contributed by atoms with van der Waals surface area (Å²) in [5.74, 6) is 0. The number of aromatic nitrogens is 3. The Kier molecular flexibility index (Phi) is 5.01. The summed E-state index contributed by atoms with van der Waals surface area (Å²) in [6.45, 7) is 2.07. The highest BCUT2D eigenvalue weighted by Gasteiger charge is 2.28. The average Bonchev–Trinajstić information content (AvgIpc) is 2.78. The van der Waals surface area contributed by atoms with Gasteiger partial charge < -0.3 is 4.98 Å². The van der Waals surface area contributed by atoms with Crippen molar-refractivity contribution in [2.24, 2.45) is 0 Å². The van der Waals surface area contributed by atoms with Gasteiger partial charge in [0.1, 0.15) is 4.90 Å². The van der Waals surface area contributed by atoms with Gasteiger partial charge in [-0.2, -0.15) is 5.26 Å². The molecule has 164 valence electrons. The largest absolute Gasteiger partial charge is 0.345 e. The van der Waals surface area contributed by atoms with E-state index in [4.69, 9.17) is 11.6 Å². The number of hydrogen-bond acceptors (Lipinski definition) is 6. The summed E-state index contributed by atoms with van der Waals surface area (Å²) < 4.78 is 27.4. The van der Waals surface area contributed by atoms with Gasteiger partial charge in [0.2, 0.25) is 15.5 Å². The van der Waals surface area contributed by atoms with Crippen LogP contribution in [0.2, 0.25) is 5.02 Å². The Bertz CT molecular complexity index is 1670. The molecule has 0 saturated heterocycles. The SMILES string of the molecule is Cc1c(C#N)cccc1-c1nc2[nH]ccc(=O)c2nc1-c1cc(Cl)c2c(c1)CCNS2(=O)=O. The van der Waals surface area contributed by atoms with E-state index in [1.807, 2.05) is 13.0 Å². The third-order valence-electron chi connectivity index (χ3n) is 5.64. The normalized spacial score (nSPS) is 14.6. The van der Waals surface area contributed by atoms with E-state index in [0.29, 0.717) is 51.3 Å². The maximum atomic E-state index is 12.5. The van der Waals surface area contributed by atoms with Crippen molar-refractivity contribution >= 4 is 32.8 Å². The number of hydrogen-bond donors (Lipinski definition) is 2. The van der Waals surface area contributed by atoms with Gasteiger partial charge in [0.25, 0.3) is 0 Å². The predicted molar refractivity (Wildman–Crippen MR) is 124 cm³/mol. The van der Waals surface area contributed by atoms with Crippen molar-refractivity contribution in [3.05, 3.63) is 74.5 Å². The van der Waals surface area contributed by atoms with Crippen molar-refractivity contribution in [3.63, 3.8) is 0 Å². The highest BCUT2D eigenvalue weighted by Crippen LogP contribution is 2.37. The van der Waals surface area contributed by atoms with Gasteiger partial charge in [-0.1, -0.05) is 23.7 Å². The summed E-state index contributed by atoms with van der Waals surface area (Å²) in [6.07, 6.45) is 1.96. The van der Waals surface area contributed by atoms with Gasteiger partial charge in [-0.05, 0) is 42.7 Å². The lowest BCUT2D eigenvalue weighted by atomic mass is 9.96.